The van der Waals surface area contributed by atoms with Crippen molar-refractivity contribution < 1.29 is 8.42 Å². The summed E-state index contributed by atoms with van der Waals surface area (Å²) in [7, 11) is -3.36. The maximum Gasteiger partial charge on any atom is 0.252 e. The summed E-state index contributed by atoms with van der Waals surface area (Å²) in [6.07, 6.45) is 1.89. The molecule has 1 aliphatic rings. The van der Waals surface area contributed by atoms with Crippen molar-refractivity contribution in [1.82, 2.24) is 4.31 Å². The molecule has 0 amide bonds. The minimum absolute atomic E-state index is 0.153. The van der Waals surface area contributed by atoms with E-state index in [1.54, 1.807) is 6.07 Å². The maximum atomic E-state index is 12.4. The highest BCUT2D eigenvalue weighted by Crippen LogP contribution is 2.36. The topological polar surface area (TPSA) is 37.4 Å². The summed E-state index contributed by atoms with van der Waals surface area (Å²) in [6.45, 7) is 2.28. The number of hydrogen-bond donors (Lipinski definition) is 0. The van der Waals surface area contributed by atoms with Crippen LogP contribution in [0.3, 0.4) is 0 Å². The lowest BCUT2D eigenvalue weighted by molar-refractivity contribution is 0.424. The molecule has 0 unspecified atom stereocenters. The van der Waals surface area contributed by atoms with Gasteiger partial charge < -0.3 is 0 Å². The van der Waals surface area contributed by atoms with E-state index in [4.69, 9.17) is 11.6 Å². The SMILES string of the molecule is Cc1cc(S(=O)(=O)N(CCCl)C2CC2)sc1Br. The first kappa shape index (κ1) is 13.8. The Labute approximate surface area is 119 Å². The number of sulfonamides is 1. The monoisotopic (exact) mass is 357 g/mol. The first-order valence-corrected chi connectivity index (χ1v) is 8.89. The molecule has 1 aromatic heterocycles. The van der Waals surface area contributed by atoms with Gasteiger partial charge in [0, 0.05) is 18.5 Å². The summed E-state index contributed by atoms with van der Waals surface area (Å²) in [4.78, 5) is 0. The van der Waals surface area contributed by atoms with Crippen LogP contribution in [0.2, 0.25) is 0 Å². The number of alkyl halides is 1. The summed E-state index contributed by atoms with van der Waals surface area (Å²) in [5.41, 5.74) is 0.954. The lowest BCUT2D eigenvalue weighted by Crippen LogP contribution is -2.34. The zero-order valence-corrected chi connectivity index (χ0v) is 13.3. The molecule has 17 heavy (non-hydrogen) atoms. The van der Waals surface area contributed by atoms with Crippen molar-refractivity contribution >= 4 is 48.9 Å². The second kappa shape index (κ2) is 5.17. The van der Waals surface area contributed by atoms with E-state index >= 15 is 0 Å². The number of rotatable bonds is 5. The van der Waals surface area contributed by atoms with Crippen molar-refractivity contribution in [3.63, 3.8) is 0 Å². The number of hydrogen-bond acceptors (Lipinski definition) is 3. The molecular weight excluding hydrogens is 346 g/mol. The predicted octanol–water partition coefficient (Wildman–Crippen LogP) is 3.21. The lowest BCUT2D eigenvalue weighted by Gasteiger charge is -2.19. The van der Waals surface area contributed by atoms with Gasteiger partial charge in [-0.05, 0) is 47.3 Å². The zero-order chi connectivity index (χ0) is 12.6. The quantitative estimate of drug-likeness (QED) is 0.758. The Morgan fingerprint density at radius 1 is 1.59 bits per heavy atom. The Hall–Kier alpha value is 0.380. The van der Waals surface area contributed by atoms with E-state index in [0.29, 0.717) is 16.6 Å². The average molecular weight is 359 g/mol. The fourth-order valence-corrected chi connectivity index (χ4v) is 5.94. The number of aryl methyl sites for hydroxylation is 1. The second-order valence-corrected chi connectivity index (χ2v) is 8.92. The Kier molecular flexibility index (Phi) is 4.20. The van der Waals surface area contributed by atoms with Crippen LogP contribution in [0, 0.1) is 6.92 Å². The summed E-state index contributed by atoms with van der Waals surface area (Å²) < 4.78 is 27.7. The predicted molar refractivity (Wildman–Crippen MR) is 74.4 cm³/mol. The molecule has 0 aromatic carbocycles. The van der Waals surface area contributed by atoms with Gasteiger partial charge in [-0.1, -0.05) is 0 Å². The molecule has 1 fully saturated rings. The Bertz CT molecular complexity index is 491. The molecule has 1 aromatic rings. The van der Waals surface area contributed by atoms with Crippen molar-refractivity contribution in [2.24, 2.45) is 0 Å². The van der Waals surface area contributed by atoms with Gasteiger partial charge in [-0.2, -0.15) is 4.31 Å². The smallest absolute Gasteiger partial charge is 0.206 e. The third-order valence-corrected chi connectivity index (χ3v) is 7.36. The molecule has 96 valence electrons. The van der Waals surface area contributed by atoms with Crippen LogP contribution >= 0.6 is 38.9 Å². The van der Waals surface area contributed by atoms with Gasteiger partial charge in [0.1, 0.15) is 4.21 Å². The highest BCUT2D eigenvalue weighted by Gasteiger charge is 2.38. The molecule has 1 aliphatic carbocycles. The van der Waals surface area contributed by atoms with Gasteiger partial charge in [0.2, 0.25) is 0 Å². The van der Waals surface area contributed by atoms with Gasteiger partial charge >= 0.3 is 0 Å². The van der Waals surface area contributed by atoms with Crippen LogP contribution in [0.25, 0.3) is 0 Å². The van der Waals surface area contributed by atoms with E-state index in [2.05, 4.69) is 15.9 Å². The Balaban J connectivity index is 2.33. The Morgan fingerprint density at radius 2 is 2.24 bits per heavy atom. The van der Waals surface area contributed by atoms with E-state index in [1.807, 2.05) is 6.92 Å². The minimum Gasteiger partial charge on any atom is -0.206 e. The van der Waals surface area contributed by atoms with Gasteiger partial charge in [0.05, 0.1) is 3.79 Å². The lowest BCUT2D eigenvalue weighted by atomic mass is 10.4. The van der Waals surface area contributed by atoms with E-state index in [1.165, 1.54) is 15.6 Å². The van der Waals surface area contributed by atoms with Crippen molar-refractivity contribution in [1.29, 1.82) is 0 Å². The fourth-order valence-electron chi connectivity index (χ4n) is 1.62. The maximum absolute atomic E-state index is 12.4. The summed E-state index contributed by atoms with van der Waals surface area (Å²) in [5.74, 6) is 0.335. The first-order chi connectivity index (χ1) is 7.96. The number of thiophene rings is 1. The van der Waals surface area contributed by atoms with Crippen LogP contribution in [0.15, 0.2) is 14.1 Å². The van der Waals surface area contributed by atoms with Gasteiger partial charge in [-0.15, -0.1) is 22.9 Å². The normalized spacial score (nSPS) is 16.7. The van der Waals surface area contributed by atoms with Crippen LogP contribution in [0.5, 0.6) is 0 Å². The van der Waals surface area contributed by atoms with Crippen molar-refractivity contribution in [3.05, 3.63) is 15.4 Å². The molecule has 1 heterocycles. The van der Waals surface area contributed by atoms with Crippen molar-refractivity contribution in [2.45, 2.75) is 30.0 Å². The van der Waals surface area contributed by atoms with E-state index in [9.17, 15) is 8.42 Å². The molecule has 0 atom stereocenters. The van der Waals surface area contributed by atoms with Crippen LogP contribution < -0.4 is 0 Å². The molecule has 0 N–H and O–H groups in total. The molecule has 3 nitrogen and oxygen atoms in total. The largest absolute Gasteiger partial charge is 0.252 e. The van der Waals surface area contributed by atoms with Crippen LogP contribution in [0.4, 0.5) is 0 Å². The van der Waals surface area contributed by atoms with E-state index in [-0.39, 0.29) is 6.04 Å². The highest BCUT2D eigenvalue weighted by atomic mass is 79.9. The number of halogens is 2. The van der Waals surface area contributed by atoms with Crippen molar-refractivity contribution in [2.75, 3.05) is 12.4 Å². The van der Waals surface area contributed by atoms with Gasteiger partial charge in [0.25, 0.3) is 10.0 Å². The van der Waals surface area contributed by atoms with Gasteiger partial charge in [-0.3, -0.25) is 0 Å². The molecule has 0 radical (unpaired) electrons. The summed E-state index contributed by atoms with van der Waals surface area (Å²) >= 11 is 10.3. The molecule has 0 aliphatic heterocycles. The third kappa shape index (κ3) is 2.87. The second-order valence-electron chi connectivity index (χ2n) is 4.06. The fraction of sp³-hybridized carbons (Fsp3) is 0.600. The molecule has 7 heteroatoms. The zero-order valence-electron chi connectivity index (χ0n) is 9.32. The van der Waals surface area contributed by atoms with E-state index in [0.717, 1.165) is 22.2 Å². The average Bonchev–Trinajstić information content (AvgIpc) is 3.03. The molecule has 2 rings (SSSR count). The van der Waals surface area contributed by atoms with Crippen LogP contribution in [0.1, 0.15) is 18.4 Å². The molecule has 0 bridgehead atoms. The summed E-state index contributed by atoms with van der Waals surface area (Å²) in [6, 6.07) is 1.87. The first-order valence-electron chi connectivity index (χ1n) is 5.30. The molecule has 1 saturated carbocycles. The molecule has 0 saturated heterocycles. The van der Waals surface area contributed by atoms with Crippen molar-refractivity contribution in [3.8, 4) is 0 Å². The van der Waals surface area contributed by atoms with E-state index < -0.39 is 10.0 Å². The molecule has 0 spiro atoms. The Morgan fingerprint density at radius 3 is 2.65 bits per heavy atom. The minimum atomic E-state index is -3.36. The van der Waals surface area contributed by atoms with Gasteiger partial charge in [0.15, 0.2) is 0 Å². The third-order valence-electron chi connectivity index (χ3n) is 2.66. The van der Waals surface area contributed by atoms with Crippen LogP contribution in [-0.2, 0) is 10.0 Å². The van der Waals surface area contributed by atoms with Crippen LogP contribution in [-0.4, -0.2) is 31.2 Å². The number of nitrogens with zero attached hydrogens (tertiary/aromatic N) is 1. The standard InChI is InChI=1S/C10H13BrClNO2S2/c1-7-6-9(16-10(7)11)17(14,15)13(5-4-12)8-2-3-8/h6,8H,2-5H2,1H3. The molecular formula is C10H13BrClNO2S2. The highest BCUT2D eigenvalue weighted by molar-refractivity contribution is 9.11. The van der Waals surface area contributed by atoms with Gasteiger partial charge in [-0.25, -0.2) is 8.42 Å². The summed E-state index contributed by atoms with van der Waals surface area (Å²) in [5, 5.41) is 0.